The number of carbonyl (C=O) groups excluding carboxylic acids is 2. The van der Waals surface area contributed by atoms with Crippen molar-refractivity contribution in [3.63, 3.8) is 0 Å². The van der Waals surface area contributed by atoms with Gasteiger partial charge in [-0.2, -0.15) is 0 Å². The Kier molecular flexibility index (Phi) is 5.94. The van der Waals surface area contributed by atoms with E-state index in [4.69, 9.17) is 0 Å². The van der Waals surface area contributed by atoms with Crippen molar-refractivity contribution in [3.8, 4) is 0 Å². The molecule has 1 rings (SSSR count). The maximum atomic E-state index is 12.7. The standard InChI is InChI=1S/C17H26N2O2/c1-6-19(7-2)15(20)13-18(5)16(21)17(3,4)14-11-9-8-10-12-14/h8-12H,6-7,13H2,1-5H3. The minimum Gasteiger partial charge on any atom is -0.342 e. The number of nitrogens with zero attached hydrogens (tertiary/aromatic N) is 2. The summed E-state index contributed by atoms with van der Waals surface area (Å²) >= 11 is 0. The van der Waals surface area contributed by atoms with Crippen molar-refractivity contribution < 1.29 is 9.59 Å². The molecular weight excluding hydrogens is 264 g/mol. The zero-order chi connectivity index (χ0) is 16.0. The van der Waals surface area contributed by atoms with Gasteiger partial charge in [-0.1, -0.05) is 30.3 Å². The molecule has 0 bridgehead atoms. The first-order chi connectivity index (χ1) is 9.84. The van der Waals surface area contributed by atoms with E-state index in [1.165, 1.54) is 4.90 Å². The lowest BCUT2D eigenvalue weighted by atomic mass is 9.83. The van der Waals surface area contributed by atoms with Gasteiger partial charge in [-0.3, -0.25) is 9.59 Å². The second kappa shape index (κ2) is 7.25. The van der Waals surface area contributed by atoms with Crippen molar-refractivity contribution in [2.75, 3.05) is 26.7 Å². The molecule has 1 aromatic rings. The Bertz CT molecular complexity index is 479. The second-order valence-corrected chi connectivity index (χ2v) is 5.72. The molecule has 2 amide bonds. The molecule has 0 fully saturated rings. The van der Waals surface area contributed by atoms with E-state index in [1.54, 1.807) is 11.9 Å². The van der Waals surface area contributed by atoms with Gasteiger partial charge in [0.2, 0.25) is 11.8 Å². The van der Waals surface area contributed by atoms with Crippen molar-refractivity contribution in [1.29, 1.82) is 0 Å². The van der Waals surface area contributed by atoms with Gasteiger partial charge in [0.15, 0.2) is 0 Å². The molecule has 0 saturated carbocycles. The largest absolute Gasteiger partial charge is 0.342 e. The van der Waals surface area contributed by atoms with E-state index in [-0.39, 0.29) is 18.4 Å². The number of likely N-dealkylation sites (N-methyl/N-ethyl adjacent to an activating group) is 2. The summed E-state index contributed by atoms with van der Waals surface area (Å²) in [5.41, 5.74) is 0.316. The van der Waals surface area contributed by atoms with Crippen LogP contribution in [0.3, 0.4) is 0 Å². The molecule has 0 N–H and O–H groups in total. The molecule has 0 aliphatic carbocycles. The SMILES string of the molecule is CCN(CC)C(=O)CN(C)C(=O)C(C)(C)c1ccccc1. The van der Waals surface area contributed by atoms with Crippen LogP contribution in [0.2, 0.25) is 0 Å². The third kappa shape index (κ3) is 4.06. The quantitative estimate of drug-likeness (QED) is 0.806. The van der Waals surface area contributed by atoms with E-state index in [1.807, 2.05) is 58.0 Å². The molecule has 0 unspecified atom stereocenters. The van der Waals surface area contributed by atoms with Crippen LogP contribution < -0.4 is 0 Å². The van der Waals surface area contributed by atoms with E-state index in [0.717, 1.165) is 5.56 Å². The molecule has 4 heteroatoms. The molecule has 0 aliphatic heterocycles. The fourth-order valence-electron chi connectivity index (χ4n) is 2.41. The Hall–Kier alpha value is -1.84. The predicted molar refractivity (Wildman–Crippen MR) is 85.0 cm³/mol. The Balaban J connectivity index is 2.80. The van der Waals surface area contributed by atoms with Crippen LogP contribution in [-0.2, 0) is 15.0 Å². The summed E-state index contributed by atoms with van der Waals surface area (Å²) in [7, 11) is 1.69. The molecule has 0 saturated heterocycles. The second-order valence-electron chi connectivity index (χ2n) is 5.72. The van der Waals surface area contributed by atoms with Crippen LogP contribution in [0, 0.1) is 0 Å². The van der Waals surface area contributed by atoms with Crippen LogP contribution in [0.1, 0.15) is 33.3 Å². The van der Waals surface area contributed by atoms with Gasteiger partial charge in [-0.05, 0) is 33.3 Å². The maximum absolute atomic E-state index is 12.7. The highest BCUT2D eigenvalue weighted by molar-refractivity contribution is 5.90. The van der Waals surface area contributed by atoms with Crippen molar-refractivity contribution in [2.24, 2.45) is 0 Å². The number of hydrogen-bond acceptors (Lipinski definition) is 2. The van der Waals surface area contributed by atoms with E-state index in [2.05, 4.69) is 0 Å². The van der Waals surface area contributed by atoms with Gasteiger partial charge in [0, 0.05) is 20.1 Å². The molecule has 1 aromatic carbocycles. The summed E-state index contributed by atoms with van der Waals surface area (Å²) < 4.78 is 0. The van der Waals surface area contributed by atoms with E-state index >= 15 is 0 Å². The monoisotopic (exact) mass is 290 g/mol. The Morgan fingerprint density at radius 2 is 1.57 bits per heavy atom. The van der Waals surface area contributed by atoms with E-state index < -0.39 is 5.41 Å². The molecule has 0 heterocycles. The van der Waals surface area contributed by atoms with Gasteiger partial charge in [0.25, 0.3) is 0 Å². The fraction of sp³-hybridized carbons (Fsp3) is 0.529. The third-order valence-corrected chi connectivity index (χ3v) is 3.87. The summed E-state index contributed by atoms with van der Waals surface area (Å²) in [5.74, 6) is -0.0612. The van der Waals surface area contributed by atoms with Crippen molar-refractivity contribution >= 4 is 11.8 Å². The summed E-state index contributed by atoms with van der Waals surface area (Å²) in [6.45, 7) is 9.12. The first kappa shape index (κ1) is 17.2. The number of rotatable bonds is 6. The number of amides is 2. The zero-order valence-corrected chi connectivity index (χ0v) is 13.7. The smallest absolute Gasteiger partial charge is 0.242 e. The molecule has 0 spiro atoms. The topological polar surface area (TPSA) is 40.6 Å². The lowest BCUT2D eigenvalue weighted by Gasteiger charge is -2.31. The van der Waals surface area contributed by atoms with E-state index in [0.29, 0.717) is 13.1 Å². The first-order valence-electron chi connectivity index (χ1n) is 7.43. The van der Waals surface area contributed by atoms with Gasteiger partial charge in [0.05, 0.1) is 12.0 Å². The summed E-state index contributed by atoms with van der Waals surface area (Å²) in [6, 6.07) is 9.66. The van der Waals surface area contributed by atoms with Gasteiger partial charge < -0.3 is 9.80 Å². The van der Waals surface area contributed by atoms with Gasteiger partial charge in [-0.15, -0.1) is 0 Å². The van der Waals surface area contributed by atoms with Crippen molar-refractivity contribution in [1.82, 2.24) is 9.80 Å². The zero-order valence-electron chi connectivity index (χ0n) is 13.7. The molecular formula is C17H26N2O2. The highest BCUT2D eigenvalue weighted by Gasteiger charge is 2.33. The van der Waals surface area contributed by atoms with Crippen LogP contribution >= 0.6 is 0 Å². The van der Waals surface area contributed by atoms with Gasteiger partial charge >= 0.3 is 0 Å². The Labute approximate surface area is 127 Å². The molecule has 0 aliphatic rings. The van der Waals surface area contributed by atoms with Crippen LogP contribution in [0.15, 0.2) is 30.3 Å². The number of hydrogen-bond donors (Lipinski definition) is 0. The number of carbonyl (C=O) groups is 2. The third-order valence-electron chi connectivity index (χ3n) is 3.87. The van der Waals surface area contributed by atoms with Crippen molar-refractivity contribution in [2.45, 2.75) is 33.1 Å². The van der Waals surface area contributed by atoms with Crippen LogP contribution in [0.4, 0.5) is 0 Å². The van der Waals surface area contributed by atoms with Crippen LogP contribution in [-0.4, -0.2) is 48.3 Å². The molecule has 0 atom stereocenters. The average molecular weight is 290 g/mol. The van der Waals surface area contributed by atoms with Crippen molar-refractivity contribution in [3.05, 3.63) is 35.9 Å². The fourth-order valence-corrected chi connectivity index (χ4v) is 2.41. The van der Waals surface area contributed by atoms with Crippen LogP contribution in [0.5, 0.6) is 0 Å². The minimum absolute atomic E-state index is 0.0142. The predicted octanol–water partition coefficient (Wildman–Crippen LogP) is 2.29. The van der Waals surface area contributed by atoms with Gasteiger partial charge in [-0.25, -0.2) is 0 Å². The minimum atomic E-state index is -0.639. The molecule has 0 radical (unpaired) electrons. The summed E-state index contributed by atoms with van der Waals surface area (Å²) in [6.07, 6.45) is 0. The van der Waals surface area contributed by atoms with Crippen LogP contribution in [0.25, 0.3) is 0 Å². The highest BCUT2D eigenvalue weighted by Crippen LogP contribution is 2.25. The van der Waals surface area contributed by atoms with E-state index in [9.17, 15) is 9.59 Å². The number of benzene rings is 1. The Morgan fingerprint density at radius 1 is 1.05 bits per heavy atom. The molecule has 21 heavy (non-hydrogen) atoms. The first-order valence-corrected chi connectivity index (χ1v) is 7.43. The summed E-state index contributed by atoms with van der Waals surface area (Å²) in [5, 5.41) is 0. The Morgan fingerprint density at radius 3 is 2.05 bits per heavy atom. The normalized spacial score (nSPS) is 11.1. The summed E-state index contributed by atoms with van der Waals surface area (Å²) in [4.78, 5) is 28.0. The lowest BCUT2D eigenvalue weighted by molar-refractivity contribution is -0.142. The molecule has 4 nitrogen and oxygen atoms in total. The lowest BCUT2D eigenvalue weighted by Crippen LogP contribution is -2.46. The highest BCUT2D eigenvalue weighted by atomic mass is 16.2. The molecule has 116 valence electrons. The maximum Gasteiger partial charge on any atom is 0.242 e. The average Bonchev–Trinajstić information content (AvgIpc) is 2.48. The van der Waals surface area contributed by atoms with Gasteiger partial charge in [0.1, 0.15) is 0 Å². The molecule has 0 aromatic heterocycles.